The first kappa shape index (κ1) is 17.7. The number of carbonyl (C=O) groups is 2. The summed E-state index contributed by atoms with van der Waals surface area (Å²) in [4.78, 5) is 28.4. The van der Waals surface area contributed by atoms with Crippen molar-refractivity contribution in [2.45, 2.75) is 20.2 Å². The summed E-state index contributed by atoms with van der Waals surface area (Å²) in [5.41, 5.74) is 1.87. The number of ether oxygens (including phenoxy) is 1. The van der Waals surface area contributed by atoms with Gasteiger partial charge in [0.2, 0.25) is 5.91 Å². The predicted octanol–water partition coefficient (Wildman–Crippen LogP) is 1.69. The van der Waals surface area contributed by atoms with E-state index in [4.69, 9.17) is 4.74 Å². The van der Waals surface area contributed by atoms with Gasteiger partial charge in [-0.3, -0.25) is 4.79 Å². The lowest BCUT2D eigenvalue weighted by Crippen LogP contribution is -2.37. The van der Waals surface area contributed by atoms with Crippen LogP contribution in [0.25, 0.3) is 0 Å². The van der Waals surface area contributed by atoms with Crippen molar-refractivity contribution in [2.24, 2.45) is 0 Å². The molecular formula is C17H19BN2O4. The molecule has 6 nitrogen and oxygen atoms in total. The topological polar surface area (TPSA) is 88.5 Å². The van der Waals surface area contributed by atoms with E-state index >= 15 is 0 Å². The fraction of sp³-hybridized carbons (Fsp3) is 0.235. The number of hydrogen-bond acceptors (Lipinski definition) is 5. The van der Waals surface area contributed by atoms with E-state index in [2.05, 4.69) is 10.2 Å². The molecule has 2 N–H and O–H groups in total. The van der Waals surface area contributed by atoms with Crippen LogP contribution in [0.5, 0.6) is 0 Å². The van der Waals surface area contributed by atoms with Crippen molar-refractivity contribution in [1.82, 2.24) is 10.2 Å². The maximum Gasteiger partial charge on any atom is 0.409 e. The van der Waals surface area contributed by atoms with Gasteiger partial charge in [-0.25, -0.2) is 9.78 Å². The van der Waals surface area contributed by atoms with Crippen LogP contribution >= 0.6 is 0 Å². The van der Waals surface area contributed by atoms with Crippen LogP contribution in [-0.2, 0) is 11.2 Å². The summed E-state index contributed by atoms with van der Waals surface area (Å²) in [6, 6.07) is 11.3. The minimum Gasteiger partial charge on any atom is -0.461 e. The van der Waals surface area contributed by atoms with Crippen molar-refractivity contribution in [1.29, 1.82) is 0 Å². The highest BCUT2D eigenvalue weighted by Crippen LogP contribution is 2.14. The van der Waals surface area contributed by atoms with Crippen LogP contribution in [0.2, 0.25) is 6.82 Å². The third kappa shape index (κ3) is 4.66. The third-order valence-corrected chi connectivity index (χ3v) is 3.25. The number of amides is 1. The fourth-order valence-electron chi connectivity index (χ4n) is 2.24. The van der Waals surface area contributed by atoms with Gasteiger partial charge >= 0.3 is 13.0 Å². The number of aromatic nitrogens is 1. The number of nitrogens with one attached hydrogen (secondary N) is 1. The number of carbonyl (C=O) groups excluding carboxylic acids is 2. The van der Waals surface area contributed by atoms with Gasteiger partial charge in [-0.15, -0.1) is 0 Å². The van der Waals surface area contributed by atoms with Crippen LogP contribution in [-0.4, -0.2) is 35.5 Å². The normalized spacial score (nSPS) is 10.1. The summed E-state index contributed by atoms with van der Waals surface area (Å²) in [7, 11) is -1.04. The quantitative estimate of drug-likeness (QED) is 0.623. The predicted molar refractivity (Wildman–Crippen MR) is 90.7 cm³/mol. The number of hydrogen-bond donors (Lipinski definition) is 2. The van der Waals surface area contributed by atoms with Crippen LogP contribution < -0.4 is 5.23 Å². The van der Waals surface area contributed by atoms with E-state index in [-0.39, 0.29) is 17.9 Å². The molecule has 0 fully saturated rings. The molecule has 1 heterocycles. The van der Waals surface area contributed by atoms with E-state index in [1.807, 2.05) is 30.3 Å². The van der Waals surface area contributed by atoms with Gasteiger partial charge in [0, 0.05) is 6.20 Å². The number of rotatable bonds is 6. The largest absolute Gasteiger partial charge is 0.461 e. The molecule has 0 aliphatic rings. The summed E-state index contributed by atoms with van der Waals surface area (Å²) in [5, 5.41) is 11.7. The molecule has 0 spiro atoms. The van der Waals surface area contributed by atoms with E-state index < -0.39 is 18.9 Å². The first-order valence-corrected chi connectivity index (χ1v) is 7.70. The zero-order valence-electron chi connectivity index (χ0n) is 13.7. The highest BCUT2D eigenvalue weighted by atomic mass is 16.5. The molecule has 1 aromatic heterocycles. The Morgan fingerprint density at radius 2 is 1.96 bits per heavy atom. The number of benzene rings is 1. The van der Waals surface area contributed by atoms with Crippen LogP contribution in [0.4, 0.5) is 0 Å². The Labute approximate surface area is 141 Å². The lowest BCUT2D eigenvalue weighted by molar-refractivity contribution is 0.0515. The number of esters is 1. The fourth-order valence-corrected chi connectivity index (χ4v) is 2.24. The van der Waals surface area contributed by atoms with E-state index in [1.165, 1.54) is 6.82 Å². The highest BCUT2D eigenvalue weighted by molar-refractivity contribution is 6.50. The monoisotopic (exact) mass is 326 g/mol. The second-order valence-electron chi connectivity index (χ2n) is 5.27. The number of nitrogens with zero attached hydrogens (tertiary/aromatic N) is 1. The van der Waals surface area contributed by atoms with Crippen LogP contribution in [0.15, 0.2) is 42.6 Å². The molecule has 124 valence electrons. The molecule has 0 bridgehead atoms. The van der Waals surface area contributed by atoms with Gasteiger partial charge in [0.1, 0.15) is 0 Å². The molecule has 0 unspecified atom stereocenters. The van der Waals surface area contributed by atoms with Crippen LogP contribution in [0.1, 0.15) is 38.9 Å². The van der Waals surface area contributed by atoms with Crippen molar-refractivity contribution < 1.29 is 19.3 Å². The summed E-state index contributed by atoms with van der Waals surface area (Å²) < 4.78 is 4.94. The molecule has 0 aliphatic heterocycles. The Morgan fingerprint density at radius 3 is 2.58 bits per heavy atom. The maximum atomic E-state index is 12.3. The maximum absolute atomic E-state index is 12.3. The van der Waals surface area contributed by atoms with Gasteiger partial charge < -0.3 is 15.0 Å². The Bertz CT molecular complexity index is 720. The minimum atomic E-state index is -1.04. The molecular weight excluding hydrogens is 307 g/mol. The van der Waals surface area contributed by atoms with Crippen molar-refractivity contribution in [3.8, 4) is 0 Å². The van der Waals surface area contributed by atoms with Crippen molar-refractivity contribution in [2.75, 3.05) is 6.61 Å². The van der Waals surface area contributed by atoms with Crippen LogP contribution in [0, 0.1) is 0 Å². The molecule has 0 aliphatic carbocycles. The summed E-state index contributed by atoms with van der Waals surface area (Å²) in [6.45, 7) is 3.28. The van der Waals surface area contributed by atoms with Crippen molar-refractivity contribution in [3.05, 3.63) is 65.0 Å². The molecule has 0 saturated carbocycles. The summed E-state index contributed by atoms with van der Waals surface area (Å²) in [6.07, 6.45) is 2.13. The Morgan fingerprint density at radius 1 is 1.25 bits per heavy atom. The second-order valence-corrected chi connectivity index (χ2v) is 5.27. The standard InChI is InChI=1S/C17H19BN2O4/c1-3-24-17(22)15-14(16(21)20-18(2)23)10-13(11-19-15)9-12-7-5-4-6-8-12/h4-8,10-11,23H,3,9H2,1-2H3,(H,20,21). The van der Waals surface area contributed by atoms with E-state index in [0.29, 0.717) is 6.42 Å². The van der Waals surface area contributed by atoms with E-state index in [1.54, 1.807) is 19.2 Å². The van der Waals surface area contributed by atoms with Crippen molar-refractivity contribution in [3.63, 3.8) is 0 Å². The van der Waals surface area contributed by atoms with Gasteiger partial charge in [0.05, 0.1) is 12.2 Å². The first-order chi connectivity index (χ1) is 11.5. The molecule has 0 atom stereocenters. The lowest BCUT2D eigenvalue weighted by Gasteiger charge is -2.11. The number of pyridine rings is 1. The van der Waals surface area contributed by atoms with Crippen molar-refractivity contribution >= 4 is 18.9 Å². The first-order valence-electron chi connectivity index (χ1n) is 7.70. The molecule has 2 aromatic rings. The third-order valence-electron chi connectivity index (χ3n) is 3.25. The Kier molecular flexibility index (Phi) is 6.09. The van der Waals surface area contributed by atoms with Gasteiger partial charge in [0.15, 0.2) is 5.69 Å². The zero-order valence-corrected chi connectivity index (χ0v) is 13.7. The molecule has 0 radical (unpaired) electrons. The van der Waals surface area contributed by atoms with Gasteiger partial charge in [-0.1, -0.05) is 30.3 Å². The highest BCUT2D eigenvalue weighted by Gasteiger charge is 2.22. The van der Waals surface area contributed by atoms with Crippen LogP contribution in [0.3, 0.4) is 0 Å². The average Bonchev–Trinajstić information content (AvgIpc) is 2.55. The Balaban J connectivity index is 2.35. The lowest BCUT2D eigenvalue weighted by atomic mass is 9.88. The summed E-state index contributed by atoms with van der Waals surface area (Å²) >= 11 is 0. The van der Waals surface area contributed by atoms with Gasteiger partial charge in [0.25, 0.3) is 0 Å². The molecule has 2 rings (SSSR count). The molecule has 7 heteroatoms. The second kappa shape index (κ2) is 8.26. The Hall–Kier alpha value is -2.67. The van der Waals surface area contributed by atoms with Gasteiger partial charge in [-0.2, -0.15) is 0 Å². The van der Waals surface area contributed by atoms with E-state index in [0.717, 1.165) is 11.1 Å². The smallest absolute Gasteiger partial charge is 0.409 e. The minimum absolute atomic E-state index is 0.0631. The summed E-state index contributed by atoms with van der Waals surface area (Å²) in [5.74, 6) is -1.24. The average molecular weight is 326 g/mol. The van der Waals surface area contributed by atoms with E-state index in [9.17, 15) is 14.6 Å². The molecule has 1 aromatic carbocycles. The molecule has 24 heavy (non-hydrogen) atoms. The zero-order chi connectivity index (χ0) is 17.5. The molecule has 1 amide bonds. The SMILES string of the molecule is CCOC(=O)c1ncc(Cc2ccccc2)cc1C(=O)NB(C)O. The van der Waals surface area contributed by atoms with Gasteiger partial charge in [-0.05, 0) is 37.4 Å². The molecule has 0 saturated heterocycles.